The first-order chi connectivity index (χ1) is 15.8. The van der Waals surface area contributed by atoms with Gasteiger partial charge in [-0.2, -0.15) is 0 Å². The summed E-state index contributed by atoms with van der Waals surface area (Å²) in [6.45, 7) is 0.368. The van der Waals surface area contributed by atoms with Gasteiger partial charge in [-0.3, -0.25) is 9.10 Å². The van der Waals surface area contributed by atoms with Crippen molar-refractivity contribution in [2.75, 3.05) is 35.4 Å². The minimum Gasteiger partial charge on any atom is -0.380 e. The molecule has 2 aromatic heterocycles. The number of alkyl halides is 2. The molecule has 1 unspecified atom stereocenters. The predicted molar refractivity (Wildman–Crippen MR) is 123 cm³/mol. The molecule has 1 atom stereocenters. The summed E-state index contributed by atoms with van der Waals surface area (Å²) in [6, 6.07) is 7.02. The number of rotatable bonds is 9. The highest BCUT2D eigenvalue weighted by Crippen LogP contribution is 2.35. The molecule has 1 fully saturated rings. The van der Waals surface area contributed by atoms with Crippen LogP contribution in [0.15, 0.2) is 24.3 Å². The van der Waals surface area contributed by atoms with Crippen LogP contribution in [-0.2, 0) is 27.1 Å². The zero-order valence-corrected chi connectivity index (χ0v) is 19.1. The monoisotopic (exact) mass is 478 g/mol. The molecule has 0 bridgehead atoms. The third kappa shape index (κ3) is 5.11. The van der Waals surface area contributed by atoms with E-state index in [1.807, 2.05) is 12.1 Å². The molecule has 9 nitrogen and oxygen atoms in total. The van der Waals surface area contributed by atoms with E-state index in [2.05, 4.69) is 25.6 Å². The van der Waals surface area contributed by atoms with Gasteiger partial charge in [0.1, 0.15) is 22.3 Å². The molecular weight excluding hydrogens is 454 g/mol. The number of hydrogen-bond acceptors (Lipinski definition) is 6. The predicted octanol–water partition coefficient (Wildman–Crippen LogP) is 3.86. The van der Waals surface area contributed by atoms with Gasteiger partial charge < -0.3 is 20.4 Å². The quantitative estimate of drug-likeness (QED) is 0.431. The number of benzene rings is 1. The summed E-state index contributed by atoms with van der Waals surface area (Å²) in [5, 5.41) is 5.94. The van der Waals surface area contributed by atoms with Crippen LogP contribution in [0.25, 0.3) is 11.2 Å². The Morgan fingerprint density at radius 3 is 2.70 bits per heavy atom. The number of H-pyrrole nitrogens is 1. The van der Waals surface area contributed by atoms with Gasteiger partial charge in [-0.1, -0.05) is 6.07 Å². The standard InChI is InChI=1S/C21H24F2N6O3S/c1-29(33(3)31)15-8-11(10-32-2)4-7-13(15)24-14-9-16(26-21(30)12-5-6-12)25-19-17(14)27-20(28-19)18(22)23/h4,7-9,12,18H,5-6,10H2,1-3H3,(H3,24,25,26,27,28,30). The molecule has 3 aromatic rings. The minimum absolute atomic E-state index is 0.0476. The molecule has 176 valence electrons. The lowest BCUT2D eigenvalue weighted by Gasteiger charge is -2.21. The molecule has 1 saturated carbocycles. The normalized spacial score (nSPS) is 14.5. The molecule has 2 heterocycles. The Morgan fingerprint density at radius 2 is 2.06 bits per heavy atom. The van der Waals surface area contributed by atoms with E-state index in [-0.39, 0.29) is 28.8 Å². The minimum atomic E-state index is -2.81. The first-order valence-corrected chi connectivity index (χ1v) is 11.7. The van der Waals surface area contributed by atoms with Crippen molar-refractivity contribution in [3.05, 3.63) is 35.7 Å². The fourth-order valence-electron chi connectivity index (χ4n) is 3.33. The Hall–Kier alpha value is -3.12. The van der Waals surface area contributed by atoms with Crippen LogP contribution in [0.5, 0.6) is 0 Å². The van der Waals surface area contributed by atoms with Crippen molar-refractivity contribution in [1.82, 2.24) is 15.0 Å². The second-order valence-corrected chi connectivity index (χ2v) is 9.17. The summed E-state index contributed by atoms with van der Waals surface area (Å²) in [5.41, 5.74) is 2.77. The Bertz CT molecular complexity index is 1210. The van der Waals surface area contributed by atoms with Gasteiger partial charge in [0.15, 0.2) is 11.5 Å². The number of halogens is 2. The number of aromatic amines is 1. The summed E-state index contributed by atoms with van der Waals surface area (Å²) < 4.78 is 45.5. The summed E-state index contributed by atoms with van der Waals surface area (Å²) in [7, 11) is 1.95. The Balaban J connectivity index is 1.77. The first-order valence-electron chi connectivity index (χ1n) is 10.2. The van der Waals surface area contributed by atoms with Crippen LogP contribution in [0.4, 0.5) is 31.7 Å². The van der Waals surface area contributed by atoms with E-state index in [1.54, 1.807) is 36.9 Å². The van der Waals surface area contributed by atoms with Crippen LogP contribution in [0, 0.1) is 5.92 Å². The summed E-state index contributed by atoms with van der Waals surface area (Å²) in [6.07, 6.45) is 0.366. The lowest BCUT2D eigenvalue weighted by atomic mass is 10.1. The molecule has 0 aliphatic heterocycles. The van der Waals surface area contributed by atoms with Gasteiger partial charge in [-0.15, -0.1) is 0 Å². The number of hydrogen-bond donors (Lipinski definition) is 3. The van der Waals surface area contributed by atoms with Gasteiger partial charge >= 0.3 is 0 Å². The summed E-state index contributed by atoms with van der Waals surface area (Å²) in [5.74, 6) is -0.529. The van der Waals surface area contributed by atoms with Crippen molar-refractivity contribution in [3.8, 4) is 0 Å². The molecule has 1 aliphatic carbocycles. The molecule has 0 saturated heterocycles. The van der Waals surface area contributed by atoms with Gasteiger partial charge in [0, 0.05) is 32.4 Å². The maximum atomic E-state index is 13.3. The summed E-state index contributed by atoms with van der Waals surface area (Å²) >= 11 is 0. The highest BCUT2D eigenvalue weighted by Gasteiger charge is 2.30. The molecule has 3 N–H and O–H groups in total. The average molecular weight is 479 g/mol. The number of carbonyl (C=O) groups is 1. The summed E-state index contributed by atoms with van der Waals surface area (Å²) in [4.78, 5) is 23.0. The van der Waals surface area contributed by atoms with Crippen molar-refractivity contribution in [2.24, 2.45) is 5.92 Å². The number of amides is 1. The number of anilines is 4. The van der Waals surface area contributed by atoms with E-state index in [4.69, 9.17) is 4.74 Å². The van der Waals surface area contributed by atoms with Crippen molar-refractivity contribution >= 4 is 50.9 Å². The van der Waals surface area contributed by atoms with Crippen molar-refractivity contribution in [1.29, 1.82) is 0 Å². The number of aromatic nitrogens is 3. The van der Waals surface area contributed by atoms with Crippen LogP contribution in [0.1, 0.15) is 30.7 Å². The van der Waals surface area contributed by atoms with Crippen molar-refractivity contribution < 1.29 is 22.5 Å². The first kappa shape index (κ1) is 23.1. The number of nitrogens with zero attached hydrogens (tertiary/aromatic N) is 3. The van der Waals surface area contributed by atoms with Gasteiger partial charge in [0.2, 0.25) is 5.91 Å². The second-order valence-electron chi connectivity index (χ2n) is 7.77. The molecule has 33 heavy (non-hydrogen) atoms. The van der Waals surface area contributed by atoms with Gasteiger partial charge in [0.25, 0.3) is 6.43 Å². The van der Waals surface area contributed by atoms with Gasteiger partial charge in [-0.25, -0.2) is 23.0 Å². The van der Waals surface area contributed by atoms with Gasteiger partial charge in [0.05, 0.1) is 23.7 Å². The number of imidazole rings is 1. The van der Waals surface area contributed by atoms with E-state index in [0.29, 0.717) is 23.7 Å². The largest absolute Gasteiger partial charge is 0.380 e. The highest BCUT2D eigenvalue weighted by atomic mass is 32.2. The molecule has 12 heteroatoms. The lowest BCUT2D eigenvalue weighted by molar-refractivity contribution is -0.117. The van der Waals surface area contributed by atoms with E-state index in [0.717, 1.165) is 18.4 Å². The third-order valence-electron chi connectivity index (χ3n) is 5.25. The van der Waals surface area contributed by atoms with Crippen LogP contribution in [0.2, 0.25) is 0 Å². The smallest absolute Gasteiger partial charge is 0.295 e. The lowest BCUT2D eigenvalue weighted by Crippen LogP contribution is -2.20. The maximum absolute atomic E-state index is 13.3. The number of pyridine rings is 1. The Morgan fingerprint density at radius 1 is 1.30 bits per heavy atom. The third-order valence-corrected chi connectivity index (χ3v) is 6.22. The topological polar surface area (TPSA) is 112 Å². The molecule has 1 aliphatic rings. The van der Waals surface area contributed by atoms with E-state index < -0.39 is 23.2 Å². The number of carbonyl (C=O) groups excluding carboxylic acids is 1. The van der Waals surface area contributed by atoms with Crippen molar-refractivity contribution in [3.63, 3.8) is 0 Å². The van der Waals surface area contributed by atoms with Crippen molar-refractivity contribution in [2.45, 2.75) is 25.9 Å². The van der Waals surface area contributed by atoms with E-state index in [9.17, 15) is 17.8 Å². The van der Waals surface area contributed by atoms with E-state index in [1.165, 1.54) is 0 Å². The Kier molecular flexibility index (Phi) is 6.56. The van der Waals surface area contributed by atoms with Crippen LogP contribution >= 0.6 is 0 Å². The zero-order chi connectivity index (χ0) is 23.7. The Labute approximate surface area is 191 Å². The number of fused-ring (bicyclic) bond motifs is 1. The SMILES string of the molecule is COCc1ccc(Nc2cc(NC(=O)C3CC3)nc3nc(C(F)F)[nH]c23)c(N(C)S(C)=O)c1. The number of methoxy groups -OCH3 is 1. The number of nitrogens with one attached hydrogen (secondary N) is 3. The molecular formula is C21H24F2N6O3S. The second kappa shape index (κ2) is 9.40. The van der Waals surface area contributed by atoms with Crippen LogP contribution in [-0.4, -0.2) is 45.5 Å². The van der Waals surface area contributed by atoms with Gasteiger partial charge in [-0.05, 0) is 30.5 Å². The number of ether oxygens (including phenoxy) is 1. The molecule has 0 radical (unpaired) electrons. The molecule has 4 rings (SSSR count). The van der Waals surface area contributed by atoms with E-state index >= 15 is 0 Å². The molecule has 1 amide bonds. The fourth-order valence-corrected chi connectivity index (χ4v) is 3.76. The van der Waals surface area contributed by atoms with Crippen LogP contribution in [0.3, 0.4) is 0 Å². The zero-order valence-electron chi connectivity index (χ0n) is 18.3. The fraction of sp³-hybridized carbons (Fsp3) is 0.381. The molecule has 0 spiro atoms. The van der Waals surface area contributed by atoms with Crippen LogP contribution < -0.4 is 14.9 Å². The highest BCUT2D eigenvalue weighted by molar-refractivity contribution is 7.85. The average Bonchev–Trinajstić information content (AvgIpc) is 3.53. The molecule has 1 aromatic carbocycles. The maximum Gasteiger partial charge on any atom is 0.295 e.